The van der Waals surface area contributed by atoms with E-state index in [1.165, 1.54) is 0 Å². The van der Waals surface area contributed by atoms with E-state index >= 15 is 0 Å². The molecule has 6 heteroatoms. The molecule has 0 spiro atoms. The highest BCUT2D eigenvalue weighted by atomic mass is 32.2. The average molecular weight is 282 g/mol. The minimum Gasteiger partial charge on any atom is -0.391 e. The van der Waals surface area contributed by atoms with E-state index in [0.29, 0.717) is 11.4 Å². The predicted octanol–water partition coefficient (Wildman–Crippen LogP) is 1.13. The Hall–Kier alpha value is -1.40. The molecule has 1 aromatic carbocycles. The van der Waals surface area contributed by atoms with Crippen LogP contribution in [-0.2, 0) is 10.0 Å². The van der Waals surface area contributed by atoms with E-state index in [-0.39, 0.29) is 17.4 Å². The van der Waals surface area contributed by atoms with Crippen LogP contribution in [-0.4, -0.2) is 32.0 Å². The molecule has 0 aliphatic carbocycles. The second kappa shape index (κ2) is 5.30. The van der Waals surface area contributed by atoms with Crippen molar-refractivity contribution in [1.82, 2.24) is 4.72 Å². The van der Waals surface area contributed by atoms with Gasteiger partial charge in [-0.15, -0.1) is 0 Å². The molecular weight excluding hydrogens is 264 g/mol. The van der Waals surface area contributed by atoms with Crippen molar-refractivity contribution in [3.63, 3.8) is 0 Å². The van der Waals surface area contributed by atoms with Gasteiger partial charge in [-0.25, -0.2) is 8.42 Å². The monoisotopic (exact) mass is 282 g/mol. The maximum absolute atomic E-state index is 11.8. The Bertz CT molecular complexity index is 596. The third-order valence-electron chi connectivity index (χ3n) is 3.40. The highest BCUT2D eigenvalue weighted by Crippen LogP contribution is 2.22. The Morgan fingerprint density at radius 2 is 2.05 bits per heavy atom. The number of rotatable bonds is 4. The molecule has 2 unspecified atom stereocenters. The molecule has 2 N–H and O–H groups in total. The van der Waals surface area contributed by atoms with Crippen LogP contribution < -0.4 is 4.72 Å². The van der Waals surface area contributed by atoms with Crippen molar-refractivity contribution >= 4 is 15.9 Å². The normalized spacial score (nSPS) is 21.7. The largest absolute Gasteiger partial charge is 0.391 e. The van der Waals surface area contributed by atoms with E-state index < -0.39 is 16.1 Å². The van der Waals surface area contributed by atoms with Crippen LogP contribution in [0.15, 0.2) is 34.2 Å². The number of sulfonamides is 1. The van der Waals surface area contributed by atoms with E-state index in [1.807, 2.05) is 13.8 Å². The zero-order valence-electron chi connectivity index (χ0n) is 11.0. The maximum atomic E-state index is 11.8. The number of nitrogens with zero attached hydrogens (tertiary/aromatic N) is 1. The minimum absolute atomic E-state index is 0.137. The first-order valence-corrected chi connectivity index (χ1v) is 7.78. The molecule has 0 amide bonds. The fourth-order valence-electron chi connectivity index (χ4n) is 1.89. The van der Waals surface area contributed by atoms with Crippen molar-refractivity contribution in [3.05, 3.63) is 29.8 Å². The highest BCUT2D eigenvalue weighted by molar-refractivity contribution is 7.90. The molecule has 2 atom stereocenters. The number of aliphatic hydroxyl groups excluding tert-OH is 1. The fourth-order valence-corrected chi connectivity index (χ4v) is 3.14. The van der Waals surface area contributed by atoms with Crippen molar-refractivity contribution in [1.29, 1.82) is 0 Å². The van der Waals surface area contributed by atoms with Gasteiger partial charge in [-0.3, -0.25) is 9.71 Å². The van der Waals surface area contributed by atoms with Crippen molar-refractivity contribution in [2.45, 2.75) is 31.3 Å². The Kier molecular flexibility index (Phi) is 3.91. The molecule has 0 bridgehead atoms. The first kappa shape index (κ1) is 14.0. The maximum Gasteiger partial charge on any atom is 0.263 e. The summed E-state index contributed by atoms with van der Waals surface area (Å²) in [6.45, 7) is 4.13. The minimum atomic E-state index is -3.49. The molecule has 1 aliphatic rings. The lowest BCUT2D eigenvalue weighted by Crippen LogP contribution is -2.26. The van der Waals surface area contributed by atoms with Gasteiger partial charge in [-0.1, -0.05) is 32.4 Å². The Balaban J connectivity index is 2.24. The number of hydrogen-bond acceptors (Lipinski definition) is 4. The summed E-state index contributed by atoms with van der Waals surface area (Å²) in [5.41, 5.74) is 0.568. The quantitative estimate of drug-likeness (QED) is 0.869. The zero-order valence-corrected chi connectivity index (χ0v) is 11.8. The van der Waals surface area contributed by atoms with Crippen LogP contribution in [0.2, 0.25) is 0 Å². The van der Waals surface area contributed by atoms with Crippen LogP contribution in [0, 0.1) is 5.92 Å². The van der Waals surface area contributed by atoms with Crippen LogP contribution in [0.1, 0.15) is 25.8 Å². The molecule has 1 heterocycles. The fraction of sp³-hybridized carbons (Fsp3) is 0.462. The Labute approximate surface area is 113 Å². The van der Waals surface area contributed by atoms with E-state index in [4.69, 9.17) is 0 Å². The summed E-state index contributed by atoms with van der Waals surface area (Å²) in [5, 5.41) is 9.87. The summed E-state index contributed by atoms with van der Waals surface area (Å²) in [6, 6.07) is 6.70. The summed E-state index contributed by atoms with van der Waals surface area (Å²) >= 11 is 0. The average Bonchev–Trinajstić information content (AvgIpc) is 2.67. The van der Waals surface area contributed by atoms with Crippen molar-refractivity contribution in [2.24, 2.45) is 10.9 Å². The molecule has 2 rings (SSSR count). The van der Waals surface area contributed by atoms with Gasteiger partial charge in [-0.05, 0) is 18.1 Å². The molecule has 104 valence electrons. The predicted molar refractivity (Wildman–Crippen MR) is 73.6 cm³/mol. The van der Waals surface area contributed by atoms with Crippen LogP contribution in [0.25, 0.3) is 0 Å². The summed E-state index contributed by atoms with van der Waals surface area (Å²) in [7, 11) is -3.49. The third kappa shape index (κ3) is 2.79. The van der Waals surface area contributed by atoms with Crippen LogP contribution in [0.5, 0.6) is 0 Å². The lowest BCUT2D eigenvalue weighted by molar-refractivity contribution is 0.123. The second-order valence-corrected chi connectivity index (χ2v) is 6.39. The molecule has 5 nitrogen and oxygen atoms in total. The van der Waals surface area contributed by atoms with Crippen molar-refractivity contribution in [2.75, 3.05) is 6.54 Å². The topological polar surface area (TPSA) is 78.8 Å². The zero-order chi connectivity index (χ0) is 14.0. The summed E-state index contributed by atoms with van der Waals surface area (Å²) in [6.07, 6.45) is 0.295. The number of benzene rings is 1. The van der Waals surface area contributed by atoms with Crippen LogP contribution >= 0.6 is 0 Å². The number of hydrogen-bond donors (Lipinski definition) is 2. The SMILES string of the molecule is CCC(C)C(O)CN=C1NS(=O)(=O)c2ccccc21. The van der Waals surface area contributed by atoms with Gasteiger partial charge < -0.3 is 5.11 Å². The molecule has 0 aromatic heterocycles. The number of nitrogens with one attached hydrogen (secondary N) is 1. The number of aliphatic imine (C=N–C) groups is 1. The molecule has 19 heavy (non-hydrogen) atoms. The van der Waals surface area contributed by atoms with E-state index in [9.17, 15) is 13.5 Å². The lowest BCUT2D eigenvalue weighted by atomic mass is 10.0. The Morgan fingerprint density at radius 1 is 1.37 bits per heavy atom. The van der Waals surface area contributed by atoms with Gasteiger partial charge in [-0.2, -0.15) is 0 Å². The van der Waals surface area contributed by atoms with Crippen molar-refractivity contribution < 1.29 is 13.5 Å². The summed E-state index contributed by atoms with van der Waals surface area (Å²) < 4.78 is 26.1. The number of fused-ring (bicyclic) bond motifs is 1. The third-order valence-corrected chi connectivity index (χ3v) is 4.80. The molecule has 0 fully saturated rings. The van der Waals surface area contributed by atoms with Gasteiger partial charge in [0.1, 0.15) is 5.84 Å². The standard InChI is InChI=1S/C13H18N2O3S/c1-3-9(2)11(16)8-14-13-10-6-4-5-7-12(10)19(17,18)15-13/h4-7,9,11,16H,3,8H2,1-2H3,(H,14,15). The van der Waals surface area contributed by atoms with Crippen LogP contribution in [0.3, 0.4) is 0 Å². The second-order valence-electron chi connectivity index (χ2n) is 4.74. The number of amidine groups is 1. The summed E-state index contributed by atoms with van der Waals surface area (Å²) in [4.78, 5) is 4.45. The summed E-state index contributed by atoms with van der Waals surface area (Å²) in [5.74, 6) is 0.454. The van der Waals surface area contributed by atoms with Crippen LogP contribution in [0.4, 0.5) is 0 Å². The molecular formula is C13H18N2O3S. The smallest absolute Gasteiger partial charge is 0.263 e. The lowest BCUT2D eigenvalue weighted by Gasteiger charge is -2.14. The van der Waals surface area contributed by atoms with Gasteiger partial charge in [0, 0.05) is 5.56 Å². The van der Waals surface area contributed by atoms with Gasteiger partial charge in [0.2, 0.25) is 0 Å². The first-order valence-electron chi connectivity index (χ1n) is 6.30. The first-order chi connectivity index (χ1) is 8.95. The Morgan fingerprint density at radius 3 is 2.74 bits per heavy atom. The van der Waals surface area contributed by atoms with Gasteiger partial charge in [0.25, 0.3) is 10.0 Å². The van der Waals surface area contributed by atoms with Crippen molar-refractivity contribution in [3.8, 4) is 0 Å². The van der Waals surface area contributed by atoms with E-state index in [1.54, 1.807) is 24.3 Å². The van der Waals surface area contributed by atoms with Gasteiger partial charge in [0.05, 0.1) is 17.5 Å². The molecule has 0 radical (unpaired) electrons. The van der Waals surface area contributed by atoms with Gasteiger partial charge >= 0.3 is 0 Å². The molecule has 1 aromatic rings. The van der Waals surface area contributed by atoms with Gasteiger partial charge in [0.15, 0.2) is 0 Å². The highest BCUT2D eigenvalue weighted by Gasteiger charge is 2.30. The van der Waals surface area contributed by atoms with E-state index in [0.717, 1.165) is 6.42 Å². The molecule has 0 saturated carbocycles. The molecule has 0 saturated heterocycles. The number of aliphatic hydroxyl groups is 1. The molecule has 1 aliphatic heterocycles. The van der Waals surface area contributed by atoms with E-state index in [2.05, 4.69) is 9.71 Å².